The number of amides is 2. The van der Waals surface area contributed by atoms with E-state index in [-0.39, 0.29) is 17.7 Å². The van der Waals surface area contributed by atoms with Crippen LogP contribution in [0.5, 0.6) is 0 Å². The van der Waals surface area contributed by atoms with Gasteiger partial charge in [0, 0.05) is 31.7 Å². The molecule has 1 aromatic rings. The number of nitrogens with zero attached hydrogens (tertiary/aromatic N) is 2. The van der Waals surface area contributed by atoms with Gasteiger partial charge in [0.1, 0.15) is 0 Å². The summed E-state index contributed by atoms with van der Waals surface area (Å²) in [6.07, 6.45) is 2.86. The quantitative estimate of drug-likeness (QED) is 0.911. The zero-order chi connectivity index (χ0) is 17.1. The average Bonchev–Trinajstić information content (AvgIpc) is 3.01. The predicted octanol–water partition coefficient (Wildman–Crippen LogP) is 1.68. The summed E-state index contributed by atoms with van der Waals surface area (Å²) in [6.45, 7) is 1.78. The molecule has 6 heteroatoms. The van der Waals surface area contributed by atoms with Crippen LogP contribution in [-0.2, 0) is 20.8 Å². The molecular formula is C18H22N2O4. The van der Waals surface area contributed by atoms with Crippen molar-refractivity contribution in [2.24, 2.45) is 5.92 Å². The molecule has 0 aromatic heterocycles. The van der Waals surface area contributed by atoms with Crippen LogP contribution in [0.15, 0.2) is 24.3 Å². The van der Waals surface area contributed by atoms with Crippen LogP contribution in [-0.4, -0.2) is 47.4 Å². The predicted molar refractivity (Wildman–Crippen MR) is 88.7 cm³/mol. The van der Waals surface area contributed by atoms with Crippen molar-refractivity contribution < 1.29 is 19.5 Å². The van der Waals surface area contributed by atoms with Crippen molar-refractivity contribution in [3.63, 3.8) is 0 Å². The highest BCUT2D eigenvalue weighted by molar-refractivity contribution is 5.95. The summed E-state index contributed by atoms with van der Waals surface area (Å²) in [5.41, 5.74) is 1.80. The Hall–Kier alpha value is -2.37. The lowest BCUT2D eigenvalue weighted by Gasteiger charge is -2.30. The van der Waals surface area contributed by atoms with Crippen LogP contribution in [0.25, 0.3) is 0 Å². The molecule has 0 atom stereocenters. The SMILES string of the molecule is O=C(O)C1CCN(C(=O)Cc2ccc(N3CCCC3=O)cc2)CC1. The molecule has 128 valence electrons. The summed E-state index contributed by atoms with van der Waals surface area (Å²) >= 11 is 0. The molecule has 2 saturated heterocycles. The van der Waals surface area contributed by atoms with Crippen molar-refractivity contribution >= 4 is 23.5 Å². The van der Waals surface area contributed by atoms with Gasteiger partial charge >= 0.3 is 5.97 Å². The summed E-state index contributed by atoms with van der Waals surface area (Å²) in [6, 6.07) is 7.57. The van der Waals surface area contributed by atoms with Gasteiger partial charge in [0.15, 0.2) is 0 Å². The lowest BCUT2D eigenvalue weighted by molar-refractivity contribution is -0.145. The normalized spacial score (nSPS) is 18.9. The molecule has 1 aromatic carbocycles. The molecule has 0 radical (unpaired) electrons. The summed E-state index contributed by atoms with van der Waals surface area (Å²) in [5, 5.41) is 9.00. The standard InChI is InChI=1S/C18H22N2O4/c21-16-2-1-9-20(16)15-5-3-13(4-6-15)12-17(22)19-10-7-14(8-11-19)18(23)24/h3-6,14H,1-2,7-12H2,(H,23,24). The number of benzene rings is 1. The van der Waals surface area contributed by atoms with Crippen molar-refractivity contribution in [1.82, 2.24) is 4.90 Å². The highest BCUT2D eigenvalue weighted by Gasteiger charge is 2.27. The van der Waals surface area contributed by atoms with Crippen molar-refractivity contribution in [3.05, 3.63) is 29.8 Å². The fourth-order valence-electron chi connectivity index (χ4n) is 3.38. The summed E-state index contributed by atoms with van der Waals surface area (Å²) < 4.78 is 0. The number of aliphatic carboxylic acids is 1. The Morgan fingerprint density at radius 1 is 1.08 bits per heavy atom. The van der Waals surface area contributed by atoms with Gasteiger partial charge in [0.2, 0.25) is 11.8 Å². The third kappa shape index (κ3) is 3.58. The molecule has 0 aliphatic carbocycles. The first-order valence-electron chi connectivity index (χ1n) is 8.44. The Balaban J connectivity index is 1.55. The second-order valence-corrected chi connectivity index (χ2v) is 6.49. The number of anilines is 1. The van der Waals surface area contributed by atoms with Crippen LogP contribution in [0.2, 0.25) is 0 Å². The highest BCUT2D eigenvalue weighted by atomic mass is 16.4. The van der Waals surface area contributed by atoms with Crippen molar-refractivity contribution in [2.75, 3.05) is 24.5 Å². The van der Waals surface area contributed by atoms with Crippen molar-refractivity contribution in [2.45, 2.75) is 32.1 Å². The van der Waals surface area contributed by atoms with E-state index in [1.807, 2.05) is 24.3 Å². The maximum atomic E-state index is 12.4. The first kappa shape index (κ1) is 16.5. The molecule has 0 saturated carbocycles. The highest BCUT2D eigenvalue weighted by Crippen LogP contribution is 2.22. The summed E-state index contributed by atoms with van der Waals surface area (Å²) in [4.78, 5) is 38.6. The monoisotopic (exact) mass is 330 g/mol. The van der Waals surface area contributed by atoms with Crippen molar-refractivity contribution in [3.8, 4) is 0 Å². The molecule has 3 rings (SSSR count). The van der Waals surface area contributed by atoms with Gasteiger partial charge < -0.3 is 14.9 Å². The second-order valence-electron chi connectivity index (χ2n) is 6.49. The van der Waals surface area contributed by atoms with E-state index in [4.69, 9.17) is 5.11 Å². The number of piperidine rings is 1. The van der Waals surface area contributed by atoms with Gasteiger partial charge in [0.05, 0.1) is 12.3 Å². The van der Waals surface area contributed by atoms with Gasteiger partial charge in [-0.05, 0) is 37.0 Å². The smallest absolute Gasteiger partial charge is 0.306 e. The second kappa shape index (κ2) is 7.03. The topological polar surface area (TPSA) is 77.9 Å². The number of rotatable bonds is 4. The van der Waals surface area contributed by atoms with Crippen LogP contribution in [0.1, 0.15) is 31.2 Å². The Labute approximate surface area is 141 Å². The molecule has 2 fully saturated rings. The molecule has 2 heterocycles. The third-order valence-electron chi connectivity index (χ3n) is 4.87. The van der Waals surface area contributed by atoms with E-state index in [0.29, 0.717) is 38.8 Å². The zero-order valence-corrected chi connectivity index (χ0v) is 13.6. The summed E-state index contributed by atoms with van der Waals surface area (Å²) in [5.74, 6) is -0.913. The zero-order valence-electron chi connectivity index (χ0n) is 13.6. The molecule has 2 aliphatic heterocycles. The molecule has 0 unspecified atom stereocenters. The molecule has 0 bridgehead atoms. The van der Waals surface area contributed by atoms with Crippen LogP contribution in [0.3, 0.4) is 0 Å². The first-order valence-corrected chi connectivity index (χ1v) is 8.44. The van der Waals surface area contributed by atoms with E-state index < -0.39 is 5.97 Å². The van der Waals surface area contributed by atoms with Gasteiger partial charge in [-0.2, -0.15) is 0 Å². The van der Waals surface area contributed by atoms with Crippen LogP contribution in [0.4, 0.5) is 5.69 Å². The number of hydrogen-bond donors (Lipinski definition) is 1. The number of carbonyl (C=O) groups excluding carboxylic acids is 2. The third-order valence-corrected chi connectivity index (χ3v) is 4.87. The largest absolute Gasteiger partial charge is 0.481 e. The Morgan fingerprint density at radius 3 is 2.29 bits per heavy atom. The molecule has 0 spiro atoms. The number of hydrogen-bond acceptors (Lipinski definition) is 3. The Bertz CT molecular complexity index is 633. The summed E-state index contributed by atoms with van der Waals surface area (Å²) in [7, 11) is 0. The molecule has 2 amide bonds. The maximum absolute atomic E-state index is 12.4. The van der Waals surface area contributed by atoms with Crippen molar-refractivity contribution in [1.29, 1.82) is 0 Å². The van der Waals surface area contributed by atoms with Crippen LogP contribution >= 0.6 is 0 Å². The van der Waals surface area contributed by atoms with E-state index in [0.717, 1.165) is 24.2 Å². The van der Waals surface area contributed by atoms with Gasteiger partial charge in [0.25, 0.3) is 0 Å². The Morgan fingerprint density at radius 2 is 1.75 bits per heavy atom. The maximum Gasteiger partial charge on any atom is 0.306 e. The van der Waals surface area contributed by atoms with E-state index in [1.165, 1.54) is 0 Å². The first-order chi connectivity index (χ1) is 11.5. The van der Waals surface area contributed by atoms with Crippen LogP contribution in [0, 0.1) is 5.92 Å². The molecule has 6 nitrogen and oxygen atoms in total. The van der Waals surface area contributed by atoms with E-state index >= 15 is 0 Å². The number of likely N-dealkylation sites (tertiary alicyclic amines) is 1. The number of carboxylic acid groups (broad SMARTS) is 1. The van der Waals surface area contributed by atoms with Gasteiger partial charge in [-0.25, -0.2) is 0 Å². The molecular weight excluding hydrogens is 308 g/mol. The Kier molecular flexibility index (Phi) is 4.83. The number of carboxylic acids is 1. The molecule has 2 aliphatic rings. The van der Waals surface area contributed by atoms with Gasteiger partial charge in [-0.15, -0.1) is 0 Å². The van der Waals surface area contributed by atoms with E-state index in [1.54, 1.807) is 9.80 Å². The fraction of sp³-hybridized carbons (Fsp3) is 0.500. The minimum Gasteiger partial charge on any atom is -0.481 e. The fourth-order valence-corrected chi connectivity index (χ4v) is 3.38. The van der Waals surface area contributed by atoms with Gasteiger partial charge in [-0.1, -0.05) is 12.1 Å². The van der Waals surface area contributed by atoms with E-state index in [2.05, 4.69) is 0 Å². The van der Waals surface area contributed by atoms with Gasteiger partial charge in [-0.3, -0.25) is 14.4 Å². The minimum absolute atomic E-state index is 0.0313. The molecule has 24 heavy (non-hydrogen) atoms. The minimum atomic E-state index is -0.769. The lowest BCUT2D eigenvalue weighted by atomic mass is 9.96. The van der Waals surface area contributed by atoms with Crippen LogP contribution < -0.4 is 4.90 Å². The number of carbonyl (C=O) groups is 3. The average molecular weight is 330 g/mol. The molecule has 1 N–H and O–H groups in total. The van der Waals surface area contributed by atoms with E-state index in [9.17, 15) is 14.4 Å². The lowest BCUT2D eigenvalue weighted by Crippen LogP contribution is -2.40.